The minimum atomic E-state index is -3.65. The molecule has 1 unspecified atom stereocenters. The van der Waals surface area contributed by atoms with Gasteiger partial charge in [0, 0.05) is 24.6 Å². The number of nitrogens with one attached hydrogen (secondary N) is 2. The molecular formula is C19H23N3O4S2. The van der Waals surface area contributed by atoms with E-state index in [0.717, 1.165) is 14.8 Å². The maximum atomic E-state index is 12.3. The third-order valence-electron chi connectivity index (χ3n) is 3.88. The van der Waals surface area contributed by atoms with Gasteiger partial charge in [-0.3, -0.25) is 20.4 Å². The van der Waals surface area contributed by atoms with E-state index in [9.17, 15) is 18.0 Å². The Kier molecular flexibility index (Phi) is 7.22. The lowest BCUT2D eigenvalue weighted by Gasteiger charge is -2.14. The fourth-order valence-corrected chi connectivity index (χ4v) is 3.99. The van der Waals surface area contributed by atoms with Crippen LogP contribution in [0, 0.1) is 6.92 Å². The van der Waals surface area contributed by atoms with Crippen molar-refractivity contribution in [2.24, 2.45) is 0 Å². The SMILES string of the molecule is Cc1ccc(SC(C)C(=O)NNC(=O)c2cccc(S(=O)(=O)N(C)C)c2)cc1. The fourth-order valence-electron chi connectivity index (χ4n) is 2.18. The molecule has 0 fully saturated rings. The Morgan fingerprint density at radius 3 is 2.29 bits per heavy atom. The first-order valence-corrected chi connectivity index (χ1v) is 10.8. The summed E-state index contributed by atoms with van der Waals surface area (Å²) in [5.74, 6) is -0.965. The monoisotopic (exact) mass is 421 g/mol. The second-order valence-electron chi connectivity index (χ2n) is 6.33. The normalized spacial score (nSPS) is 12.5. The van der Waals surface area contributed by atoms with E-state index in [0.29, 0.717) is 0 Å². The van der Waals surface area contributed by atoms with Crippen LogP contribution in [0.1, 0.15) is 22.8 Å². The van der Waals surface area contributed by atoms with Crippen LogP contribution in [0.2, 0.25) is 0 Å². The van der Waals surface area contributed by atoms with Crippen LogP contribution in [0.25, 0.3) is 0 Å². The Balaban J connectivity index is 1.98. The molecule has 0 spiro atoms. The molecule has 2 N–H and O–H groups in total. The summed E-state index contributed by atoms with van der Waals surface area (Å²) in [6, 6.07) is 13.4. The maximum absolute atomic E-state index is 12.3. The number of carbonyl (C=O) groups is 2. The molecule has 0 saturated heterocycles. The molecule has 150 valence electrons. The highest BCUT2D eigenvalue weighted by Crippen LogP contribution is 2.23. The average molecular weight is 422 g/mol. The van der Waals surface area contributed by atoms with Gasteiger partial charge in [0.25, 0.3) is 11.8 Å². The minimum absolute atomic E-state index is 0.000212. The smallest absolute Gasteiger partial charge is 0.269 e. The lowest BCUT2D eigenvalue weighted by atomic mass is 10.2. The third kappa shape index (κ3) is 5.57. The number of hydrogen-bond donors (Lipinski definition) is 2. The zero-order valence-electron chi connectivity index (χ0n) is 16.1. The van der Waals surface area contributed by atoms with Crippen molar-refractivity contribution >= 4 is 33.6 Å². The van der Waals surface area contributed by atoms with E-state index < -0.39 is 21.2 Å². The van der Waals surface area contributed by atoms with Gasteiger partial charge in [-0.2, -0.15) is 0 Å². The number of benzene rings is 2. The Morgan fingerprint density at radius 2 is 1.68 bits per heavy atom. The van der Waals surface area contributed by atoms with Crippen molar-refractivity contribution in [2.45, 2.75) is 28.9 Å². The first kappa shape index (κ1) is 21.9. The number of amides is 2. The van der Waals surface area contributed by atoms with Gasteiger partial charge in [0.1, 0.15) is 0 Å². The highest BCUT2D eigenvalue weighted by molar-refractivity contribution is 8.00. The van der Waals surface area contributed by atoms with Gasteiger partial charge < -0.3 is 0 Å². The molecular weight excluding hydrogens is 398 g/mol. The van der Waals surface area contributed by atoms with Crippen LogP contribution in [-0.2, 0) is 14.8 Å². The molecule has 0 aromatic heterocycles. The molecule has 2 rings (SSSR count). The van der Waals surface area contributed by atoms with E-state index >= 15 is 0 Å². The van der Waals surface area contributed by atoms with E-state index in [1.807, 2.05) is 31.2 Å². The van der Waals surface area contributed by atoms with Crippen molar-refractivity contribution in [3.8, 4) is 0 Å². The van der Waals surface area contributed by atoms with Crippen molar-refractivity contribution in [2.75, 3.05) is 14.1 Å². The van der Waals surface area contributed by atoms with Crippen LogP contribution < -0.4 is 10.9 Å². The quantitative estimate of drug-likeness (QED) is 0.551. The number of thioether (sulfide) groups is 1. The molecule has 7 nitrogen and oxygen atoms in total. The summed E-state index contributed by atoms with van der Waals surface area (Å²) < 4.78 is 25.4. The molecule has 1 atom stereocenters. The van der Waals surface area contributed by atoms with Crippen molar-refractivity contribution in [1.29, 1.82) is 0 Å². The second-order valence-corrected chi connectivity index (χ2v) is 9.90. The highest BCUT2D eigenvalue weighted by atomic mass is 32.2. The fraction of sp³-hybridized carbons (Fsp3) is 0.263. The minimum Gasteiger partial charge on any atom is -0.272 e. The topological polar surface area (TPSA) is 95.6 Å². The summed E-state index contributed by atoms with van der Waals surface area (Å²) in [4.78, 5) is 25.4. The summed E-state index contributed by atoms with van der Waals surface area (Å²) >= 11 is 1.37. The lowest BCUT2D eigenvalue weighted by molar-refractivity contribution is -0.121. The maximum Gasteiger partial charge on any atom is 0.269 e. The van der Waals surface area contributed by atoms with Gasteiger partial charge in [0.15, 0.2) is 0 Å². The summed E-state index contributed by atoms with van der Waals surface area (Å²) in [7, 11) is -0.828. The van der Waals surface area contributed by atoms with Crippen LogP contribution in [0.3, 0.4) is 0 Å². The number of sulfonamides is 1. The molecule has 9 heteroatoms. The van der Waals surface area contributed by atoms with Crippen molar-refractivity contribution in [1.82, 2.24) is 15.2 Å². The van der Waals surface area contributed by atoms with Gasteiger partial charge >= 0.3 is 0 Å². The summed E-state index contributed by atoms with van der Waals surface area (Å²) in [5, 5.41) is -0.427. The summed E-state index contributed by atoms with van der Waals surface area (Å²) in [6.07, 6.45) is 0. The first-order chi connectivity index (χ1) is 13.1. The molecule has 0 aliphatic rings. The predicted molar refractivity (Wildman–Crippen MR) is 109 cm³/mol. The Morgan fingerprint density at radius 1 is 1.04 bits per heavy atom. The predicted octanol–water partition coefficient (Wildman–Crippen LogP) is 2.19. The molecule has 0 aliphatic carbocycles. The van der Waals surface area contributed by atoms with Gasteiger partial charge in [0.2, 0.25) is 10.0 Å². The first-order valence-electron chi connectivity index (χ1n) is 8.47. The number of rotatable bonds is 6. The zero-order chi connectivity index (χ0) is 20.9. The van der Waals surface area contributed by atoms with Crippen LogP contribution >= 0.6 is 11.8 Å². The van der Waals surface area contributed by atoms with E-state index in [2.05, 4.69) is 10.9 Å². The van der Waals surface area contributed by atoms with E-state index in [4.69, 9.17) is 0 Å². The van der Waals surface area contributed by atoms with Crippen LogP contribution in [0.4, 0.5) is 0 Å². The molecule has 2 aromatic rings. The van der Waals surface area contributed by atoms with E-state index in [1.165, 1.54) is 50.1 Å². The van der Waals surface area contributed by atoms with Gasteiger partial charge in [-0.05, 0) is 44.2 Å². The Hall–Kier alpha value is -2.36. The number of hydrogen-bond acceptors (Lipinski definition) is 5. The van der Waals surface area contributed by atoms with Crippen molar-refractivity contribution in [3.63, 3.8) is 0 Å². The molecule has 2 amide bonds. The van der Waals surface area contributed by atoms with Gasteiger partial charge in [-0.25, -0.2) is 12.7 Å². The zero-order valence-corrected chi connectivity index (χ0v) is 17.7. The van der Waals surface area contributed by atoms with Crippen molar-refractivity contribution in [3.05, 3.63) is 59.7 Å². The molecule has 0 saturated carbocycles. The van der Waals surface area contributed by atoms with Gasteiger partial charge in [-0.15, -0.1) is 11.8 Å². The largest absolute Gasteiger partial charge is 0.272 e. The van der Waals surface area contributed by atoms with Gasteiger partial charge in [0.05, 0.1) is 10.1 Å². The number of nitrogens with zero attached hydrogens (tertiary/aromatic N) is 1. The molecule has 2 aromatic carbocycles. The van der Waals surface area contributed by atoms with Crippen molar-refractivity contribution < 1.29 is 18.0 Å². The average Bonchev–Trinajstić information content (AvgIpc) is 2.67. The lowest BCUT2D eigenvalue weighted by Crippen LogP contribution is -2.44. The standard InChI is InChI=1S/C19H23N3O4S2/c1-13-8-10-16(11-9-13)27-14(2)18(23)20-21-19(24)15-6-5-7-17(12-15)28(25,26)22(3)4/h5-12,14H,1-4H3,(H,20,23)(H,21,24). The molecule has 0 aliphatic heterocycles. The van der Waals surface area contributed by atoms with Crippen LogP contribution in [0.5, 0.6) is 0 Å². The highest BCUT2D eigenvalue weighted by Gasteiger charge is 2.19. The van der Waals surface area contributed by atoms with Crippen LogP contribution in [-0.4, -0.2) is 43.9 Å². The summed E-state index contributed by atoms with van der Waals surface area (Å²) in [6.45, 7) is 3.72. The second kappa shape index (κ2) is 9.22. The number of carbonyl (C=O) groups excluding carboxylic acids is 2. The molecule has 0 radical (unpaired) electrons. The Bertz CT molecular complexity index is 957. The Labute approximate surface area is 169 Å². The third-order valence-corrected chi connectivity index (χ3v) is 6.80. The number of aryl methyl sites for hydroxylation is 1. The number of hydrazine groups is 1. The molecule has 0 bridgehead atoms. The van der Waals surface area contributed by atoms with Crippen LogP contribution in [0.15, 0.2) is 58.3 Å². The summed E-state index contributed by atoms with van der Waals surface area (Å²) in [5.41, 5.74) is 5.95. The molecule has 0 heterocycles. The molecule has 28 heavy (non-hydrogen) atoms. The van der Waals surface area contributed by atoms with E-state index in [-0.39, 0.29) is 16.4 Å². The van der Waals surface area contributed by atoms with E-state index in [1.54, 1.807) is 6.92 Å². The van der Waals surface area contributed by atoms with Gasteiger partial charge in [-0.1, -0.05) is 23.8 Å².